The Bertz CT molecular complexity index is 852. The van der Waals surface area contributed by atoms with Crippen LogP contribution in [0.2, 0.25) is 0 Å². The summed E-state index contributed by atoms with van der Waals surface area (Å²) in [5.74, 6) is 1.97. The van der Waals surface area contributed by atoms with Crippen LogP contribution in [0.4, 0.5) is 4.39 Å². The third kappa shape index (κ3) is 2.93. The van der Waals surface area contributed by atoms with Crippen molar-refractivity contribution in [3.05, 3.63) is 23.1 Å². The molecule has 3 fully saturated rings. The Labute approximate surface area is 155 Å². The van der Waals surface area contributed by atoms with Crippen LogP contribution in [-0.4, -0.2) is 50.0 Å². The van der Waals surface area contributed by atoms with Crippen molar-refractivity contribution in [2.24, 2.45) is 5.92 Å². The van der Waals surface area contributed by atoms with Crippen LogP contribution in [0.15, 0.2) is 9.15 Å². The molecule has 0 N–H and O–H groups in total. The SMILES string of the molecule is Cc1nonc1CC(=O)N1CC2CC1CC2c1nc(C2CCC(F)C2)no1. The molecule has 3 aliphatic rings. The van der Waals surface area contributed by atoms with Gasteiger partial charge in [-0.15, -0.1) is 0 Å². The monoisotopic (exact) mass is 375 g/mol. The molecule has 5 atom stereocenters. The molecule has 1 amide bonds. The van der Waals surface area contributed by atoms with Crippen LogP contribution in [0, 0.1) is 12.8 Å². The molecule has 8 nitrogen and oxygen atoms in total. The summed E-state index contributed by atoms with van der Waals surface area (Å²) in [6.07, 6.45) is 3.14. The van der Waals surface area contributed by atoms with Gasteiger partial charge in [-0.25, -0.2) is 9.02 Å². The highest BCUT2D eigenvalue weighted by molar-refractivity contribution is 5.79. The molecule has 2 aromatic rings. The van der Waals surface area contributed by atoms with Crippen molar-refractivity contribution < 1.29 is 18.3 Å². The maximum Gasteiger partial charge on any atom is 0.230 e. The van der Waals surface area contributed by atoms with E-state index in [1.165, 1.54) is 0 Å². The van der Waals surface area contributed by atoms with E-state index in [0.717, 1.165) is 19.3 Å². The van der Waals surface area contributed by atoms with Crippen molar-refractivity contribution in [3.63, 3.8) is 0 Å². The van der Waals surface area contributed by atoms with Crippen LogP contribution in [0.25, 0.3) is 0 Å². The lowest BCUT2D eigenvalue weighted by molar-refractivity contribution is -0.132. The van der Waals surface area contributed by atoms with Crippen LogP contribution >= 0.6 is 0 Å². The van der Waals surface area contributed by atoms with E-state index < -0.39 is 6.17 Å². The Morgan fingerprint density at radius 2 is 2.11 bits per heavy atom. The number of aromatic nitrogens is 4. The van der Waals surface area contributed by atoms with Crippen molar-refractivity contribution in [2.45, 2.75) is 69.5 Å². The Morgan fingerprint density at radius 3 is 2.78 bits per heavy atom. The molecule has 5 rings (SSSR count). The minimum atomic E-state index is -0.748. The third-order valence-corrected chi connectivity index (χ3v) is 6.44. The fraction of sp³-hybridized carbons (Fsp3) is 0.722. The third-order valence-electron chi connectivity index (χ3n) is 6.44. The maximum atomic E-state index is 13.4. The molecule has 5 unspecified atom stereocenters. The number of likely N-dealkylation sites (tertiary alicyclic amines) is 1. The summed E-state index contributed by atoms with van der Waals surface area (Å²) in [5, 5.41) is 11.6. The number of carbonyl (C=O) groups is 1. The van der Waals surface area contributed by atoms with Gasteiger partial charge in [-0.2, -0.15) is 4.98 Å². The first-order chi connectivity index (χ1) is 13.1. The number of aryl methyl sites for hydroxylation is 1. The Morgan fingerprint density at radius 1 is 1.22 bits per heavy atom. The first-order valence-electron chi connectivity index (χ1n) is 9.63. The highest BCUT2D eigenvalue weighted by atomic mass is 19.1. The van der Waals surface area contributed by atoms with Gasteiger partial charge in [0.1, 0.15) is 17.6 Å². The lowest BCUT2D eigenvalue weighted by atomic mass is 9.94. The summed E-state index contributed by atoms with van der Waals surface area (Å²) in [6.45, 7) is 2.49. The minimum absolute atomic E-state index is 0.0610. The zero-order valence-corrected chi connectivity index (χ0v) is 15.2. The van der Waals surface area contributed by atoms with Crippen molar-refractivity contribution in [1.29, 1.82) is 0 Å². The fourth-order valence-corrected chi connectivity index (χ4v) is 4.94. The molecule has 0 spiro atoms. The fourth-order valence-electron chi connectivity index (χ4n) is 4.94. The van der Waals surface area contributed by atoms with Crippen molar-refractivity contribution in [3.8, 4) is 0 Å². The Hall–Kier alpha value is -2.32. The second-order valence-electron chi connectivity index (χ2n) is 8.11. The van der Waals surface area contributed by atoms with E-state index in [1.54, 1.807) is 6.92 Å². The number of alkyl halides is 1. The number of piperidine rings is 1. The minimum Gasteiger partial charge on any atom is -0.339 e. The molecule has 1 aliphatic heterocycles. The van der Waals surface area contributed by atoms with Crippen molar-refractivity contribution in [2.75, 3.05) is 6.54 Å². The normalized spacial score (nSPS) is 32.5. The summed E-state index contributed by atoms with van der Waals surface area (Å²) in [7, 11) is 0. The molecule has 1 saturated heterocycles. The second-order valence-corrected chi connectivity index (χ2v) is 8.11. The molecular formula is C18H22FN5O3. The van der Waals surface area contributed by atoms with E-state index in [2.05, 4.69) is 25.1 Å². The maximum absolute atomic E-state index is 13.4. The molecule has 2 aromatic heterocycles. The average molecular weight is 375 g/mol. The topological polar surface area (TPSA) is 98.2 Å². The highest BCUT2D eigenvalue weighted by Crippen LogP contribution is 2.47. The number of hydrogen-bond donors (Lipinski definition) is 0. The molecule has 0 radical (unpaired) electrons. The van der Waals surface area contributed by atoms with Gasteiger partial charge >= 0.3 is 0 Å². The summed E-state index contributed by atoms with van der Waals surface area (Å²) in [4.78, 5) is 19.2. The Balaban J connectivity index is 1.23. The number of carbonyl (C=O) groups excluding carboxylic acids is 1. The van der Waals surface area contributed by atoms with Gasteiger partial charge in [0.25, 0.3) is 0 Å². The largest absolute Gasteiger partial charge is 0.339 e. The lowest BCUT2D eigenvalue weighted by Gasteiger charge is -2.30. The van der Waals surface area contributed by atoms with Gasteiger partial charge < -0.3 is 9.42 Å². The summed E-state index contributed by atoms with van der Waals surface area (Å²) in [5.41, 5.74) is 1.26. The zero-order valence-electron chi connectivity index (χ0n) is 15.2. The molecule has 2 saturated carbocycles. The lowest BCUT2D eigenvalue weighted by Crippen LogP contribution is -2.40. The molecule has 144 valence electrons. The molecule has 9 heteroatoms. The van der Waals surface area contributed by atoms with Crippen LogP contribution in [-0.2, 0) is 11.2 Å². The number of nitrogens with zero attached hydrogens (tertiary/aromatic N) is 5. The quantitative estimate of drug-likeness (QED) is 0.809. The van der Waals surface area contributed by atoms with E-state index in [9.17, 15) is 9.18 Å². The van der Waals surface area contributed by atoms with Gasteiger partial charge in [0, 0.05) is 24.4 Å². The molecule has 2 bridgehead atoms. The number of hydrogen-bond acceptors (Lipinski definition) is 7. The van der Waals surface area contributed by atoms with Crippen LogP contribution in [0.1, 0.15) is 67.0 Å². The predicted octanol–water partition coefficient (Wildman–Crippen LogP) is 2.31. The molecule has 27 heavy (non-hydrogen) atoms. The first kappa shape index (κ1) is 16.8. The van der Waals surface area contributed by atoms with Crippen LogP contribution < -0.4 is 0 Å². The van der Waals surface area contributed by atoms with E-state index in [4.69, 9.17) is 4.52 Å². The first-order valence-corrected chi connectivity index (χ1v) is 9.63. The molecule has 2 aliphatic carbocycles. The standard InChI is InChI=1S/C18H22FN5O3/c1-9-15(22-27-21-9)7-16(25)24-8-11-5-13(24)6-14(11)18-20-17(23-26-18)10-2-3-12(19)4-10/h10-14H,2-8H2,1H3. The predicted molar refractivity (Wildman–Crippen MR) is 89.5 cm³/mol. The summed E-state index contributed by atoms with van der Waals surface area (Å²) in [6, 6.07) is 0.199. The number of rotatable bonds is 4. The van der Waals surface area contributed by atoms with Crippen LogP contribution in [0.5, 0.6) is 0 Å². The number of fused-ring (bicyclic) bond motifs is 2. The average Bonchev–Trinajstić information content (AvgIpc) is 3.43. The van der Waals surface area contributed by atoms with Gasteiger partial charge in [0.05, 0.1) is 6.42 Å². The summed E-state index contributed by atoms with van der Waals surface area (Å²) >= 11 is 0. The van der Waals surface area contributed by atoms with Gasteiger partial charge in [-0.05, 0) is 44.9 Å². The second kappa shape index (κ2) is 6.38. The molecule has 0 aromatic carbocycles. The molecule has 3 heterocycles. The van der Waals surface area contributed by atoms with Crippen molar-refractivity contribution in [1.82, 2.24) is 25.4 Å². The molecular weight excluding hydrogens is 353 g/mol. The number of halogens is 1. The number of amides is 1. The van der Waals surface area contributed by atoms with E-state index in [1.807, 2.05) is 4.90 Å². The van der Waals surface area contributed by atoms with Crippen LogP contribution in [0.3, 0.4) is 0 Å². The van der Waals surface area contributed by atoms with Crippen molar-refractivity contribution >= 4 is 5.91 Å². The van der Waals surface area contributed by atoms with E-state index in [-0.39, 0.29) is 30.2 Å². The van der Waals surface area contributed by atoms with E-state index in [0.29, 0.717) is 48.4 Å². The van der Waals surface area contributed by atoms with Gasteiger partial charge in [-0.3, -0.25) is 4.79 Å². The highest BCUT2D eigenvalue weighted by Gasteiger charge is 2.49. The van der Waals surface area contributed by atoms with Gasteiger partial charge in [0.2, 0.25) is 11.8 Å². The van der Waals surface area contributed by atoms with Gasteiger partial charge in [0.15, 0.2) is 5.82 Å². The smallest absolute Gasteiger partial charge is 0.230 e. The Kier molecular flexibility index (Phi) is 3.98. The summed E-state index contributed by atoms with van der Waals surface area (Å²) < 4.78 is 23.6. The van der Waals surface area contributed by atoms with E-state index >= 15 is 0 Å². The zero-order chi connectivity index (χ0) is 18.5. The van der Waals surface area contributed by atoms with Gasteiger partial charge in [-0.1, -0.05) is 15.5 Å².